The van der Waals surface area contributed by atoms with Crippen LogP contribution in [0.1, 0.15) is 15.9 Å². The molecule has 2 saturated heterocycles. The normalized spacial score (nSPS) is 18.0. The van der Waals surface area contributed by atoms with E-state index in [-0.39, 0.29) is 11.8 Å². The first kappa shape index (κ1) is 21.5. The third-order valence-electron chi connectivity index (χ3n) is 6.08. The van der Waals surface area contributed by atoms with Gasteiger partial charge < -0.3 is 24.8 Å². The predicted molar refractivity (Wildman–Crippen MR) is 118 cm³/mol. The molecule has 0 unspecified atom stereocenters. The molecular formula is C24H32N4O3+2. The van der Waals surface area contributed by atoms with Crippen molar-refractivity contribution in [2.75, 3.05) is 64.3 Å². The maximum Gasteiger partial charge on any atom is 0.279 e. The molecule has 0 aromatic heterocycles. The van der Waals surface area contributed by atoms with Gasteiger partial charge in [0.25, 0.3) is 11.8 Å². The highest BCUT2D eigenvalue weighted by Gasteiger charge is 2.25. The van der Waals surface area contributed by atoms with Gasteiger partial charge in [0.15, 0.2) is 6.54 Å². The van der Waals surface area contributed by atoms with Crippen LogP contribution in [0.2, 0.25) is 0 Å². The minimum Gasteiger partial charge on any atom is -0.370 e. The average molecular weight is 425 g/mol. The first-order chi connectivity index (χ1) is 15.2. The Morgan fingerprint density at radius 2 is 1.55 bits per heavy atom. The molecule has 3 N–H and O–H groups in total. The molecule has 0 bridgehead atoms. The number of anilines is 1. The van der Waals surface area contributed by atoms with E-state index in [1.54, 1.807) is 0 Å². The predicted octanol–water partition coefficient (Wildman–Crippen LogP) is -0.919. The number of hydrogen-bond donors (Lipinski definition) is 3. The second kappa shape index (κ2) is 10.5. The molecule has 2 aliphatic heterocycles. The molecule has 2 aliphatic rings. The van der Waals surface area contributed by atoms with Gasteiger partial charge in [-0.1, -0.05) is 30.3 Å². The number of hydrogen-bond acceptors (Lipinski definition) is 3. The van der Waals surface area contributed by atoms with Crippen LogP contribution in [-0.4, -0.2) is 75.7 Å². The van der Waals surface area contributed by atoms with E-state index in [1.165, 1.54) is 15.4 Å². The minimum absolute atomic E-state index is 0.0180. The number of morpholine rings is 1. The van der Waals surface area contributed by atoms with Crippen molar-refractivity contribution in [1.82, 2.24) is 4.90 Å². The van der Waals surface area contributed by atoms with Crippen LogP contribution < -0.4 is 15.1 Å². The Morgan fingerprint density at radius 3 is 2.23 bits per heavy atom. The second-order valence-corrected chi connectivity index (χ2v) is 8.37. The van der Waals surface area contributed by atoms with Crippen molar-refractivity contribution in [2.24, 2.45) is 0 Å². The Kier molecular flexibility index (Phi) is 7.30. The minimum atomic E-state index is 0.0180. The van der Waals surface area contributed by atoms with Crippen molar-refractivity contribution < 1.29 is 24.1 Å². The van der Waals surface area contributed by atoms with Crippen molar-refractivity contribution in [2.45, 2.75) is 6.54 Å². The van der Waals surface area contributed by atoms with Crippen LogP contribution in [0.15, 0.2) is 54.6 Å². The van der Waals surface area contributed by atoms with Crippen LogP contribution in [0.4, 0.5) is 5.69 Å². The van der Waals surface area contributed by atoms with Gasteiger partial charge in [0.05, 0.1) is 39.4 Å². The summed E-state index contributed by atoms with van der Waals surface area (Å²) in [6, 6.07) is 17.5. The summed E-state index contributed by atoms with van der Waals surface area (Å²) in [6.07, 6.45) is 0. The lowest BCUT2D eigenvalue weighted by atomic mass is 10.2. The number of rotatable bonds is 6. The van der Waals surface area contributed by atoms with E-state index in [4.69, 9.17) is 4.74 Å². The number of nitrogens with zero attached hydrogens (tertiary/aromatic N) is 1. The van der Waals surface area contributed by atoms with Gasteiger partial charge in [-0.05, 0) is 24.3 Å². The molecule has 164 valence electrons. The number of nitrogens with one attached hydrogen (secondary N) is 3. The standard InChI is InChI=1S/C24H30N4O3/c29-23(25-22-8-6-20(7-9-22)18-27-14-16-31-17-15-27)19-26-10-12-28(13-11-26)24(30)21-4-2-1-3-5-21/h1-9H,10-19H2,(H,25,29)/p+2. The van der Waals surface area contributed by atoms with Crippen LogP contribution in [0.3, 0.4) is 0 Å². The molecule has 0 spiro atoms. The quantitative estimate of drug-likeness (QED) is 0.562. The Hall–Kier alpha value is -2.74. The average Bonchev–Trinajstić information content (AvgIpc) is 2.82. The summed E-state index contributed by atoms with van der Waals surface area (Å²) < 4.78 is 5.41. The summed E-state index contributed by atoms with van der Waals surface area (Å²) in [7, 11) is 0. The van der Waals surface area contributed by atoms with Gasteiger partial charge in [-0.2, -0.15) is 0 Å². The van der Waals surface area contributed by atoms with Crippen molar-refractivity contribution >= 4 is 17.5 Å². The smallest absolute Gasteiger partial charge is 0.279 e. The Labute approximate surface area is 183 Å². The van der Waals surface area contributed by atoms with Crippen LogP contribution >= 0.6 is 0 Å². The van der Waals surface area contributed by atoms with E-state index in [0.717, 1.165) is 57.2 Å². The van der Waals surface area contributed by atoms with Gasteiger partial charge in [-0.3, -0.25) is 9.59 Å². The fraction of sp³-hybridized carbons (Fsp3) is 0.417. The van der Waals surface area contributed by atoms with E-state index in [1.807, 2.05) is 47.4 Å². The zero-order valence-electron chi connectivity index (χ0n) is 17.9. The highest BCUT2D eigenvalue weighted by Crippen LogP contribution is 2.09. The number of piperazine rings is 1. The van der Waals surface area contributed by atoms with Crippen molar-refractivity contribution in [3.63, 3.8) is 0 Å². The van der Waals surface area contributed by atoms with E-state index in [0.29, 0.717) is 19.6 Å². The SMILES string of the molecule is O=C(C[NH+]1CCN(C(=O)c2ccccc2)CC1)Nc1ccc(C[NH+]2CCOCC2)cc1. The molecule has 2 aromatic carbocycles. The second-order valence-electron chi connectivity index (χ2n) is 8.37. The molecule has 31 heavy (non-hydrogen) atoms. The number of ether oxygens (including phenoxy) is 1. The zero-order chi connectivity index (χ0) is 21.5. The van der Waals surface area contributed by atoms with Gasteiger partial charge in [0.2, 0.25) is 0 Å². The largest absolute Gasteiger partial charge is 0.370 e. The molecule has 0 saturated carbocycles. The van der Waals surface area contributed by atoms with Gasteiger partial charge in [-0.15, -0.1) is 0 Å². The van der Waals surface area contributed by atoms with E-state index in [2.05, 4.69) is 17.4 Å². The molecule has 2 heterocycles. The van der Waals surface area contributed by atoms with E-state index >= 15 is 0 Å². The van der Waals surface area contributed by atoms with E-state index < -0.39 is 0 Å². The fourth-order valence-corrected chi connectivity index (χ4v) is 4.23. The van der Waals surface area contributed by atoms with Crippen LogP contribution in [0.25, 0.3) is 0 Å². The van der Waals surface area contributed by atoms with Crippen molar-refractivity contribution in [3.05, 3.63) is 65.7 Å². The summed E-state index contributed by atoms with van der Waals surface area (Å²) in [4.78, 5) is 29.7. The maximum atomic E-state index is 12.6. The maximum absolute atomic E-state index is 12.6. The Balaban J connectivity index is 1.20. The third kappa shape index (κ3) is 6.13. The lowest BCUT2D eigenvalue weighted by Crippen LogP contribution is -3.15. The lowest BCUT2D eigenvalue weighted by molar-refractivity contribution is -0.921. The van der Waals surface area contributed by atoms with Crippen molar-refractivity contribution in [1.29, 1.82) is 0 Å². The molecule has 0 aliphatic carbocycles. The fourth-order valence-electron chi connectivity index (χ4n) is 4.23. The molecule has 7 nitrogen and oxygen atoms in total. The first-order valence-corrected chi connectivity index (χ1v) is 11.2. The van der Waals surface area contributed by atoms with Gasteiger partial charge in [0, 0.05) is 16.8 Å². The lowest BCUT2D eigenvalue weighted by Gasteiger charge is -2.32. The zero-order valence-corrected chi connectivity index (χ0v) is 17.9. The number of quaternary nitrogens is 2. The number of carbonyl (C=O) groups is 2. The summed E-state index contributed by atoms with van der Waals surface area (Å²) in [5, 5.41) is 3.01. The molecule has 7 heteroatoms. The van der Waals surface area contributed by atoms with Crippen LogP contribution in [-0.2, 0) is 16.1 Å². The molecule has 4 rings (SSSR count). The monoisotopic (exact) mass is 424 g/mol. The summed E-state index contributed by atoms with van der Waals surface area (Å²) in [6.45, 7) is 8.10. The first-order valence-electron chi connectivity index (χ1n) is 11.2. The van der Waals surface area contributed by atoms with Gasteiger partial charge in [0.1, 0.15) is 19.6 Å². The van der Waals surface area contributed by atoms with Crippen molar-refractivity contribution in [3.8, 4) is 0 Å². The van der Waals surface area contributed by atoms with Crippen LogP contribution in [0, 0.1) is 0 Å². The molecule has 2 aromatic rings. The molecular weight excluding hydrogens is 392 g/mol. The van der Waals surface area contributed by atoms with E-state index in [9.17, 15) is 9.59 Å². The summed E-state index contributed by atoms with van der Waals surface area (Å²) in [5.41, 5.74) is 2.84. The van der Waals surface area contributed by atoms with Crippen LogP contribution in [0.5, 0.6) is 0 Å². The Morgan fingerprint density at radius 1 is 0.871 bits per heavy atom. The molecule has 2 fully saturated rings. The summed E-state index contributed by atoms with van der Waals surface area (Å²) in [5.74, 6) is 0.0903. The Bertz CT molecular complexity index is 858. The highest BCUT2D eigenvalue weighted by atomic mass is 16.5. The number of benzene rings is 2. The number of amides is 2. The molecule has 0 radical (unpaired) electrons. The summed E-state index contributed by atoms with van der Waals surface area (Å²) >= 11 is 0. The molecule has 0 atom stereocenters. The van der Waals surface area contributed by atoms with Gasteiger partial charge in [-0.25, -0.2) is 0 Å². The third-order valence-corrected chi connectivity index (χ3v) is 6.08. The molecule has 2 amide bonds. The number of carbonyl (C=O) groups excluding carboxylic acids is 2. The topological polar surface area (TPSA) is 67.5 Å². The van der Waals surface area contributed by atoms with Gasteiger partial charge >= 0.3 is 0 Å². The highest BCUT2D eigenvalue weighted by molar-refractivity contribution is 5.94.